The molecular weight excluding hydrogens is 411 g/mol. The van der Waals surface area contributed by atoms with E-state index < -0.39 is 23.5 Å². The number of carbonyl (C=O) groups excluding carboxylic acids is 2. The van der Waals surface area contributed by atoms with Crippen LogP contribution in [0.4, 0.5) is 13.2 Å². The lowest BCUT2D eigenvalue weighted by Crippen LogP contribution is -2.51. The molecule has 2 bridgehead atoms. The number of nitrogens with zero attached hydrogens (tertiary/aromatic N) is 2. The van der Waals surface area contributed by atoms with Crippen LogP contribution in [0, 0.1) is 23.4 Å². The molecule has 0 aromatic heterocycles. The smallest absolute Gasteiger partial charge is 0.232 e. The van der Waals surface area contributed by atoms with Gasteiger partial charge < -0.3 is 20.3 Å². The molecule has 0 spiro atoms. The predicted molar refractivity (Wildman–Crippen MR) is 106 cm³/mol. The predicted octanol–water partition coefficient (Wildman–Crippen LogP) is 1.99. The van der Waals surface area contributed by atoms with Crippen LogP contribution in [0.2, 0.25) is 0 Å². The van der Waals surface area contributed by atoms with Crippen molar-refractivity contribution in [3.63, 3.8) is 0 Å². The Morgan fingerprint density at radius 3 is 2.26 bits per heavy atom. The molecule has 2 amide bonds. The van der Waals surface area contributed by atoms with Crippen LogP contribution < -0.4 is 5.73 Å². The summed E-state index contributed by atoms with van der Waals surface area (Å²) in [4.78, 5) is 28.9. The number of fused-ring (bicyclic) bond motifs is 2. The van der Waals surface area contributed by atoms with Crippen molar-refractivity contribution in [1.82, 2.24) is 9.80 Å². The molecule has 9 heteroatoms. The molecule has 6 nitrogen and oxygen atoms in total. The number of morpholine rings is 1. The average molecular weight is 439 g/mol. The van der Waals surface area contributed by atoms with Crippen LogP contribution in [0.15, 0.2) is 12.1 Å². The monoisotopic (exact) mass is 439 g/mol. The van der Waals surface area contributed by atoms with Crippen LogP contribution >= 0.6 is 0 Å². The maximum Gasteiger partial charge on any atom is 0.232 e. The summed E-state index contributed by atoms with van der Waals surface area (Å²) < 4.78 is 45.9. The average Bonchev–Trinajstić information content (AvgIpc) is 3.02. The summed E-state index contributed by atoms with van der Waals surface area (Å²) in [5.74, 6) is -3.38. The molecule has 4 atom stereocenters. The third-order valence-corrected chi connectivity index (χ3v) is 6.87. The van der Waals surface area contributed by atoms with Gasteiger partial charge >= 0.3 is 0 Å². The topological polar surface area (TPSA) is 75.9 Å². The fourth-order valence-electron chi connectivity index (χ4n) is 5.26. The summed E-state index contributed by atoms with van der Waals surface area (Å²) in [5, 5.41) is 0. The summed E-state index contributed by atoms with van der Waals surface area (Å²) in [6.07, 6.45) is 3.01. The number of nitrogens with two attached hydrogens (primary N) is 1. The highest BCUT2D eigenvalue weighted by molar-refractivity contribution is 5.97. The molecule has 1 aromatic rings. The van der Waals surface area contributed by atoms with E-state index in [-0.39, 0.29) is 48.2 Å². The Morgan fingerprint density at radius 1 is 1.00 bits per heavy atom. The highest BCUT2D eigenvalue weighted by Gasteiger charge is 2.45. The molecule has 3 aliphatic heterocycles. The number of benzene rings is 1. The Hall–Kier alpha value is -2.13. The van der Waals surface area contributed by atoms with Gasteiger partial charge in [0.15, 0.2) is 11.6 Å². The molecule has 4 rings (SSSR count). The van der Waals surface area contributed by atoms with Gasteiger partial charge in [0.05, 0.1) is 13.2 Å². The van der Waals surface area contributed by atoms with Crippen molar-refractivity contribution in [3.05, 3.63) is 35.1 Å². The van der Waals surface area contributed by atoms with Crippen molar-refractivity contribution in [2.45, 2.75) is 56.7 Å². The number of halogens is 3. The number of amides is 2. The Labute approximate surface area is 179 Å². The Kier molecular flexibility index (Phi) is 6.52. The summed E-state index contributed by atoms with van der Waals surface area (Å²) in [5.41, 5.74) is 6.39. The van der Waals surface area contributed by atoms with Crippen LogP contribution in [0.3, 0.4) is 0 Å². The summed E-state index contributed by atoms with van der Waals surface area (Å²) >= 11 is 0. The van der Waals surface area contributed by atoms with E-state index in [1.54, 1.807) is 4.90 Å². The van der Waals surface area contributed by atoms with Gasteiger partial charge in [0, 0.05) is 37.3 Å². The van der Waals surface area contributed by atoms with Gasteiger partial charge in [-0.15, -0.1) is 0 Å². The molecule has 3 aliphatic rings. The highest BCUT2D eigenvalue weighted by atomic mass is 19.2. The summed E-state index contributed by atoms with van der Waals surface area (Å²) in [6.45, 7) is 2.01. The van der Waals surface area contributed by atoms with Gasteiger partial charge in [0.2, 0.25) is 11.8 Å². The fraction of sp³-hybridized carbons (Fsp3) is 0.636. The van der Waals surface area contributed by atoms with Crippen molar-refractivity contribution in [1.29, 1.82) is 0 Å². The van der Waals surface area contributed by atoms with E-state index in [4.69, 9.17) is 10.5 Å². The lowest BCUT2D eigenvalue weighted by atomic mass is 9.82. The van der Waals surface area contributed by atoms with E-state index in [0.717, 1.165) is 18.9 Å². The molecule has 2 N–H and O–H groups in total. The highest BCUT2D eigenvalue weighted by Crippen LogP contribution is 2.40. The largest absolute Gasteiger partial charge is 0.378 e. The first-order chi connectivity index (χ1) is 14.8. The maximum atomic E-state index is 14.0. The minimum absolute atomic E-state index is 0.00888. The van der Waals surface area contributed by atoms with E-state index in [9.17, 15) is 22.8 Å². The first-order valence-corrected chi connectivity index (χ1v) is 10.9. The standard InChI is InChI=1S/C22H28F3N3O3/c23-17-11-19(25)18(24)9-13(17)10-20(26)14-7-15-1-2-16(8-14)28(15)22(30)12-21(29)27-3-5-31-6-4-27/h9,11,14-16,20H,1-8,10,12,26H2/t14?,15-,16+,20?. The zero-order valence-electron chi connectivity index (χ0n) is 17.4. The van der Waals surface area contributed by atoms with Gasteiger partial charge in [-0.3, -0.25) is 9.59 Å². The maximum absolute atomic E-state index is 14.0. The number of rotatable bonds is 5. The Morgan fingerprint density at radius 2 is 1.61 bits per heavy atom. The van der Waals surface area contributed by atoms with Gasteiger partial charge in [-0.05, 0) is 49.7 Å². The SMILES string of the molecule is NC(Cc1cc(F)c(F)cc1F)C1C[C@H]2CC[C@@H](C1)N2C(=O)CC(=O)N1CCOCC1. The van der Waals surface area contributed by atoms with E-state index in [1.807, 2.05) is 4.90 Å². The quantitative estimate of drug-likeness (QED) is 0.563. The second-order valence-corrected chi connectivity index (χ2v) is 8.81. The minimum Gasteiger partial charge on any atom is -0.378 e. The van der Waals surface area contributed by atoms with Gasteiger partial charge in [-0.25, -0.2) is 13.2 Å². The second-order valence-electron chi connectivity index (χ2n) is 8.81. The molecule has 0 radical (unpaired) electrons. The molecule has 0 saturated carbocycles. The molecular formula is C22H28F3N3O3. The Bertz CT molecular complexity index is 833. The molecule has 170 valence electrons. The molecule has 3 fully saturated rings. The fourth-order valence-corrected chi connectivity index (χ4v) is 5.26. The van der Waals surface area contributed by atoms with Crippen LogP contribution in [0.5, 0.6) is 0 Å². The van der Waals surface area contributed by atoms with Crippen LogP contribution in [0.1, 0.15) is 37.7 Å². The molecule has 1 aromatic carbocycles. The van der Waals surface area contributed by atoms with Crippen molar-refractivity contribution >= 4 is 11.8 Å². The lowest BCUT2D eigenvalue weighted by Gasteiger charge is -2.41. The number of carbonyl (C=O) groups is 2. The van der Waals surface area contributed by atoms with Crippen LogP contribution in [-0.4, -0.2) is 66.0 Å². The third-order valence-electron chi connectivity index (χ3n) is 6.87. The lowest BCUT2D eigenvalue weighted by molar-refractivity contribution is -0.145. The summed E-state index contributed by atoms with van der Waals surface area (Å²) in [6, 6.07) is 1.02. The van der Waals surface area contributed by atoms with E-state index in [0.29, 0.717) is 45.2 Å². The van der Waals surface area contributed by atoms with Crippen molar-refractivity contribution in [2.75, 3.05) is 26.3 Å². The van der Waals surface area contributed by atoms with E-state index >= 15 is 0 Å². The Balaban J connectivity index is 1.35. The number of piperidine rings is 1. The summed E-state index contributed by atoms with van der Waals surface area (Å²) in [7, 11) is 0. The van der Waals surface area contributed by atoms with Gasteiger partial charge in [-0.2, -0.15) is 0 Å². The minimum atomic E-state index is -1.22. The van der Waals surface area contributed by atoms with Crippen LogP contribution in [-0.2, 0) is 20.7 Å². The first kappa shape index (κ1) is 22.1. The molecule has 0 aliphatic carbocycles. The van der Waals surface area contributed by atoms with Crippen LogP contribution in [0.25, 0.3) is 0 Å². The molecule has 31 heavy (non-hydrogen) atoms. The third kappa shape index (κ3) is 4.72. The molecule has 3 heterocycles. The molecule has 2 unspecified atom stereocenters. The zero-order chi connectivity index (χ0) is 22.1. The van der Waals surface area contributed by atoms with Gasteiger partial charge in [-0.1, -0.05) is 0 Å². The van der Waals surface area contributed by atoms with Gasteiger partial charge in [0.1, 0.15) is 12.2 Å². The van der Waals surface area contributed by atoms with Crippen molar-refractivity contribution in [2.24, 2.45) is 11.7 Å². The van der Waals surface area contributed by atoms with Crippen molar-refractivity contribution in [3.8, 4) is 0 Å². The number of hydrogen-bond donors (Lipinski definition) is 1. The normalized spacial score (nSPS) is 26.8. The van der Waals surface area contributed by atoms with Crippen molar-refractivity contribution < 1.29 is 27.5 Å². The number of hydrogen-bond acceptors (Lipinski definition) is 4. The zero-order valence-corrected chi connectivity index (χ0v) is 17.4. The van der Waals surface area contributed by atoms with E-state index in [2.05, 4.69) is 0 Å². The molecule has 3 saturated heterocycles. The number of ether oxygens (including phenoxy) is 1. The second kappa shape index (κ2) is 9.16. The first-order valence-electron chi connectivity index (χ1n) is 10.9. The van der Waals surface area contributed by atoms with E-state index in [1.165, 1.54) is 0 Å². The van der Waals surface area contributed by atoms with Gasteiger partial charge in [0.25, 0.3) is 0 Å².